The molecule has 0 saturated carbocycles. The summed E-state index contributed by atoms with van der Waals surface area (Å²) >= 11 is 0. The molecule has 0 spiro atoms. The molecule has 29 heavy (non-hydrogen) atoms. The number of ketones is 2. The largest absolute Gasteiger partial charge is 0.293 e. The monoisotopic (exact) mass is 376 g/mol. The highest BCUT2D eigenvalue weighted by molar-refractivity contribution is 6.22. The lowest BCUT2D eigenvalue weighted by atomic mass is 9.67. The van der Waals surface area contributed by atoms with Crippen LogP contribution in [-0.4, -0.2) is 11.6 Å². The van der Waals surface area contributed by atoms with E-state index in [0.717, 1.165) is 12.0 Å². The molecule has 2 nitrogen and oxygen atoms in total. The van der Waals surface area contributed by atoms with Crippen LogP contribution in [0.5, 0.6) is 0 Å². The Morgan fingerprint density at radius 1 is 0.690 bits per heavy atom. The Labute approximate surface area is 170 Å². The molecule has 0 radical (unpaired) electrons. The van der Waals surface area contributed by atoms with Crippen LogP contribution in [0.3, 0.4) is 0 Å². The van der Waals surface area contributed by atoms with E-state index in [2.05, 4.69) is 12.1 Å². The second kappa shape index (κ2) is 6.82. The third-order valence-electron chi connectivity index (χ3n) is 6.00. The number of Topliss-reactive ketones (excluding diaryl/α,β-unsaturated/α-hetero) is 2. The minimum absolute atomic E-state index is 0.134. The van der Waals surface area contributed by atoms with Crippen LogP contribution in [0, 0.1) is 5.41 Å². The molecule has 0 fully saturated rings. The third kappa shape index (κ3) is 2.80. The van der Waals surface area contributed by atoms with Gasteiger partial charge in [0.1, 0.15) is 5.41 Å². The molecule has 0 amide bonds. The van der Waals surface area contributed by atoms with Gasteiger partial charge in [-0.3, -0.25) is 9.59 Å². The summed E-state index contributed by atoms with van der Waals surface area (Å²) in [6.45, 7) is 0. The van der Waals surface area contributed by atoms with Crippen molar-refractivity contribution in [1.82, 2.24) is 0 Å². The summed E-state index contributed by atoms with van der Waals surface area (Å²) in [7, 11) is 0. The van der Waals surface area contributed by atoms with E-state index in [1.807, 2.05) is 60.7 Å². The smallest absolute Gasteiger partial charge is 0.180 e. The zero-order chi connectivity index (χ0) is 19.8. The van der Waals surface area contributed by atoms with E-state index in [-0.39, 0.29) is 11.6 Å². The van der Waals surface area contributed by atoms with Gasteiger partial charge in [-0.1, -0.05) is 103 Å². The predicted octanol–water partition coefficient (Wildman–Crippen LogP) is 5.71. The van der Waals surface area contributed by atoms with Crippen molar-refractivity contribution in [2.24, 2.45) is 5.41 Å². The van der Waals surface area contributed by atoms with Crippen molar-refractivity contribution in [1.29, 1.82) is 0 Å². The minimum Gasteiger partial charge on any atom is -0.293 e. The lowest BCUT2D eigenvalue weighted by Crippen LogP contribution is -2.39. The fourth-order valence-corrected chi connectivity index (χ4v) is 4.55. The van der Waals surface area contributed by atoms with E-state index >= 15 is 0 Å². The van der Waals surface area contributed by atoms with Crippen molar-refractivity contribution in [2.45, 2.75) is 12.8 Å². The summed E-state index contributed by atoms with van der Waals surface area (Å²) < 4.78 is 0. The van der Waals surface area contributed by atoms with Crippen LogP contribution < -0.4 is 0 Å². The third-order valence-corrected chi connectivity index (χ3v) is 6.00. The van der Waals surface area contributed by atoms with Crippen molar-refractivity contribution in [3.05, 3.63) is 125 Å². The second-order valence-corrected chi connectivity index (χ2v) is 7.72. The highest BCUT2D eigenvalue weighted by Gasteiger charge is 2.47. The van der Waals surface area contributed by atoms with Gasteiger partial charge in [-0.25, -0.2) is 0 Å². The quantitative estimate of drug-likeness (QED) is 0.432. The molecule has 0 atom stereocenters. The van der Waals surface area contributed by atoms with Gasteiger partial charge in [0.25, 0.3) is 0 Å². The normalized spacial score (nSPS) is 16.3. The van der Waals surface area contributed by atoms with E-state index < -0.39 is 5.41 Å². The minimum atomic E-state index is -1.20. The van der Waals surface area contributed by atoms with Gasteiger partial charge in [0.2, 0.25) is 0 Å². The summed E-state index contributed by atoms with van der Waals surface area (Å²) in [5, 5.41) is 0. The molecule has 0 aliphatic heterocycles. The van der Waals surface area contributed by atoms with Gasteiger partial charge in [-0.15, -0.1) is 0 Å². The summed E-state index contributed by atoms with van der Waals surface area (Å²) in [5.41, 5.74) is 4.75. The Balaban J connectivity index is 1.62. The average Bonchev–Trinajstić information content (AvgIpc) is 3.16. The summed E-state index contributed by atoms with van der Waals surface area (Å²) in [6.07, 6.45) is 5.06. The van der Waals surface area contributed by atoms with Crippen LogP contribution in [0.4, 0.5) is 0 Å². The van der Waals surface area contributed by atoms with Crippen LogP contribution in [0.1, 0.15) is 38.3 Å². The topological polar surface area (TPSA) is 34.1 Å². The Bertz CT molecular complexity index is 1120. The number of fused-ring (bicyclic) bond motifs is 2. The van der Waals surface area contributed by atoms with Crippen molar-refractivity contribution in [3.8, 4) is 0 Å². The maximum Gasteiger partial charge on any atom is 0.180 e. The molecular weight excluding hydrogens is 356 g/mol. The molecule has 3 aromatic rings. The summed E-state index contributed by atoms with van der Waals surface area (Å²) in [6, 6.07) is 26.6. The molecule has 0 unspecified atom stereocenters. The first-order chi connectivity index (χ1) is 14.2. The number of allylic oxidation sites excluding steroid dienone is 4. The molecule has 2 heteroatoms. The number of carbonyl (C=O) groups is 2. The molecule has 0 saturated heterocycles. The molecule has 0 N–H and O–H groups in total. The highest BCUT2D eigenvalue weighted by atomic mass is 16.2. The van der Waals surface area contributed by atoms with E-state index in [4.69, 9.17) is 0 Å². The van der Waals surface area contributed by atoms with Gasteiger partial charge in [0, 0.05) is 11.1 Å². The van der Waals surface area contributed by atoms with Crippen LogP contribution in [0.15, 0.2) is 103 Å². The molecule has 140 valence electrons. The van der Waals surface area contributed by atoms with E-state index in [9.17, 15) is 9.59 Å². The second-order valence-electron chi connectivity index (χ2n) is 7.72. The molecule has 0 bridgehead atoms. The SMILES string of the molecule is O=C(c1ccccc1)C1(C(=O)c2ccccc2)C=CC2=C(Cc3ccccc32)C1. The highest BCUT2D eigenvalue weighted by Crippen LogP contribution is 2.47. The van der Waals surface area contributed by atoms with Crippen molar-refractivity contribution >= 4 is 17.1 Å². The summed E-state index contributed by atoms with van der Waals surface area (Å²) in [5.74, 6) is -0.267. The molecule has 2 aliphatic carbocycles. The molecule has 0 aromatic heterocycles. The molecule has 2 aliphatic rings. The predicted molar refractivity (Wildman–Crippen MR) is 115 cm³/mol. The first kappa shape index (κ1) is 17.6. The van der Waals surface area contributed by atoms with Crippen molar-refractivity contribution < 1.29 is 9.59 Å². The zero-order valence-electron chi connectivity index (χ0n) is 16.0. The first-order valence-corrected chi connectivity index (χ1v) is 9.88. The fourth-order valence-electron chi connectivity index (χ4n) is 4.55. The van der Waals surface area contributed by atoms with Gasteiger partial charge in [-0.05, 0) is 29.5 Å². The van der Waals surface area contributed by atoms with Crippen molar-refractivity contribution in [3.63, 3.8) is 0 Å². The Morgan fingerprint density at radius 3 is 1.86 bits per heavy atom. The fraction of sp³-hybridized carbons (Fsp3) is 0.111. The Morgan fingerprint density at radius 2 is 1.24 bits per heavy atom. The van der Waals surface area contributed by atoms with Gasteiger partial charge in [-0.2, -0.15) is 0 Å². The molecule has 5 rings (SSSR count). The van der Waals surface area contributed by atoms with E-state index in [1.54, 1.807) is 24.3 Å². The number of rotatable bonds is 4. The van der Waals surface area contributed by atoms with Crippen LogP contribution in [-0.2, 0) is 6.42 Å². The van der Waals surface area contributed by atoms with Gasteiger partial charge in [0.15, 0.2) is 11.6 Å². The van der Waals surface area contributed by atoms with Gasteiger partial charge in [0.05, 0.1) is 0 Å². The van der Waals surface area contributed by atoms with E-state index in [0.29, 0.717) is 17.5 Å². The number of benzene rings is 3. The van der Waals surface area contributed by atoms with Gasteiger partial charge < -0.3 is 0 Å². The molecular formula is C27H20O2. The van der Waals surface area contributed by atoms with Gasteiger partial charge >= 0.3 is 0 Å². The molecule has 3 aromatic carbocycles. The number of hydrogen-bond donors (Lipinski definition) is 0. The van der Waals surface area contributed by atoms with Crippen LogP contribution in [0.25, 0.3) is 5.57 Å². The summed E-state index contributed by atoms with van der Waals surface area (Å²) in [4.78, 5) is 27.4. The lowest BCUT2D eigenvalue weighted by molar-refractivity contribution is 0.0723. The maximum atomic E-state index is 13.7. The number of carbonyl (C=O) groups excluding carboxylic acids is 2. The Kier molecular flexibility index (Phi) is 4.13. The van der Waals surface area contributed by atoms with E-state index in [1.165, 1.54) is 16.7 Å². The zero-order valence-corrected chi connectivity index (χ0v) is 16.0. The van der Waals surface area contributed by atoms with Crippen LogP contribution >= 0.6 is 0 Å². The lowest BCUT2D eigenvalue weighted by Gasteiger charge is -2.32. The Hall–Kier alpha value is -3.52. The van der Waals surface area contributed by atoms with Crippen molar-refractivity contribution in [2.75, 3.05) is 0 Å². The standard InChI is InChI=1S/C27H20O2/c28-25(19-9-3-1-4-10-19)27(26(29)20-11-5-2-6-12-20)16-15-24-22(18-27)17-21-13-7-8-14-23(21)24/h1-16H,17-18H2. The first-order valence-electron chi connectivity index (χ1n) is 9.88. The number of hydrogen-bond acceptors (Lipinski definition) is 2. The van der Waals surface area contributed by atoms with Crippen LogP contribution in [0.2, 0.25) is 0 Å². The molecule has 0 heterocycles. The maximum absolute atomic E-state index is 13.7. The average molecular weight is 376 g/mol.